The van der Waals surface area contributed by atoms with Crippen molar-refractivity contribution in [2.24, 2.45) is 5.41 Å². The lowest BCUT2D eigenvalue weighted by atomic mass is 9.83. The van der Waals surface area contributed by atoms with Crippen molar-refractivity contribution in [1.29, 1.82) is 0 Å². The highest BCUT2D eigenvalue weighted by Gasteiger charge is 2.25. The molecule has 20 heavy (non-hydrogen) atoms. The Morgan fingerprint density at radius 3 is 2.65 bits per heavy atom. The van der Waals surface area contributed by atoms with Gasteiger partial charge in [0.05, 0.1) is 6.61 Å². The van der Waals surface area contributed by atoms with Crippen LogP contribution < -0.4 is 5.32 Å². The van der Waals surface area contributed by atoms with Gasteiger partial charge in [-0.05, 0) is 36.6 Å². The summed E-state index contributed by atoms with van der Waals surface area (Å²) in [6.07, 6.45) is 4.54. The Kier molecular flexibility index (Phi) is 6.39. The van der Waals surface area contributed by atoms with Crippen LogP contribution in [-0.4, -0.2) is 24.2 Å². The van der Waals surface area contributed by atoms with E-state index in [-0.39, 0.29) is 23.7 Å². The lowest BCUT2D eigenvalue weighted by molar-refractivity contribution is -0.117. The van der Waals surface area contributed by atoms with Crippen molar-refractivity contribution in [3.05, 3.63) is 41.7 Å². The highest BCUT2D eigenvalue weighted by Crippen LogP contribution is 2.24. The van der Waals surface area contributed by atoms with Crippen LogP contribution in [0.4, 0.5) is 4.39 Å². The molecule has 0 aliphatic carbocycles. The number of benzene rings is 1. The number of halogens is 1. The average Bonchev–Trinajstić information content (AvgIpc) is 2.47. The van der Waals surface area contributed by atoms with Crippen LogP contribution in [0.15, 0.2) is 30.3 Å². The van der Waals surface area contributed by atoms with E-state index in [1.165, 1.54) is 18.2 Å². The molecule has 0 aliphatic rings. The molecule has 0 heterocycles. The van der Waals surface area contributed by atoms with E-state index in [1.54, 1.807) is 18.2 Å². The number of rotatable bonds is 7. The maximum Gasteiger partial charge on any atom is 0.244 e. The lowest BCUT2D eigenvalue weighted by Gasteiger charge is -2.29. The number of carbonyl (C=O) groups is 1. The van der Waals surface area contributed by atoms with Crippen molar-refractivity contribution in [3.63, 3.8) is 0 Å². The van der Waals surface area contributed by atoms with Crippen molar-refractivity contribution in [2.75, 3.05) is 13.2 Å². The Morgan fingerprint density at radius 1 is 1.40 bits per heavy atom. The molecule has 0 aromatic heterocycles. The number of aliphatic hydroxyl groups excluding tert-OH is 1. The van der Waals surface area contributed by atoms with Gasteiger partial charge in [-0.2, -0.15) is 0 Å². The van der Waals surface area contributed by atoms with Gasteiger partial charge in [0.15, 0.2) is 0 Å². The Hall–Kier alpha value is -1.68. The normalized spacial score (nSPS) is 11.8. The van der Waals surface area contributed by atoms with E-state index in [9.17, 15) is 14.3 Å². The van der Waals surface area contributed by atoms with Crippen LogP contribution in [0, 0.1) is 11.2 Å². The lowest BCUT2D eigenvalue weighted by Crippen LogP contribution is -2.38. The second-order valence-electron chi connectivity index (χ2n) is 4.97. The standard InChI is InChI=1S/C16H22FNO2/c1-3-16(4-2,12-19)11-18-15(20)9-8-13-6-5-7-14(17)10-13/h5-10,19H,3-4,11-12H2,1-2H3,(H,18,20)/b9-8+. The van der Waals surface area contributed by atoms with E-state index in [1.807, 2.05) is 13.8 Å². The van der Waals surface area contributed by atoms with Gasteiger partial charge in [0, 0.05) is 18.0 Å². The van der Waals surface area contributed by atoms with Gasteiger partial charge in [-0.1, -0.05) is 26.0 Å². The quantitative estimate of drug-likeness (QED) is 0.754. The van der Waals surface area contributed by atoms with Gasteiger partial charge in [0.2, 0.25) is 5.91 Å². The van der Waals surface area contributed by atoms with Crippen molar-refractivity contribution in [3.8, 4) is 0 Å². The van der Waals surface area contributed by atoms with Gasteiger partial charge in [-0.15, -0.1) is 0 Å². The van der Waals surface area contributed by atoms with Crippen LogP contribution in [0.25, 0.3) is 6.08 Å². The molecule has 0 saturated carbocycles. The Morgan fingerprint density at radius 2 is 2.10 bits per heavy atom. The molecule has 1 amide bonds. The van der Waals surface area contributed by atoms with Crippen molar-refractivity contribution >= 4 is 12.0 Å². The van der Waals surface area contributed by atoms with Crippen LogP contribution >= 0.6 is 0 Å². The number of hydrogen-bond donors (Lipinski definition) is 2. The summed E-state index contributed by atoms with van der Waals surface area (Å²) in [7, 11) is 0. The van der Waals surface area contributed by atoms with Gasteiger partial charge in [0.25, 0.3) is 0 Å². The molecular weight excluding hydrogens is 257 g/mol. The van der Waals surface area contributed by atoms with E-state index in [2.05, 4.69) is 5.32 Å². The third kappa shape index (κ3) is 4.78. The van der Waals surface area contributed by atoms with E-state index in [0.29, 0.717) is 12.1 Å². The molecule has 4 heteroatoms. The number of nitrogens with one attached hydrogen (secondary N) is 1. The fourth-order valence-electron chi connectivity index (χ4n) is 1.90. The van der Waals surface area contributed by atoms with Crippen LogP contribution in [0.1, 0.15) is 32.3 Å². The van der Waals surface area contributed by atoms with Crippen LogP contribution in [0.5, 0.6) is 0 Å². The van der Waals surface area contributed by atoms with Crippen LogP contribution in [-0.2, 0) is 4.79 Å². The smallest absolute Gasteiger partial charge is 0.244 e. The number of hydrogen-bond acceptors (Lipinski definition) is 2. The van der Waals surface area contributed by atoms with Crippen LogP contribution in [0.2, 0.25) is 0 Å². The largest absolute Gasteiger partial charge is 0.396 e. The summed E-state index contributed by atoms with van der Waals surface area (Å²) in [4.78, 5) is 11.7. The molecule has 0 aliphatic heterocycles. The molecule has 0 fully saturated rings. The SMILES string of the molecule is CCC(CC)(CO)CNC(=O)/C=C/c1cccc(F)c1. The zero-order chi connectivity index (χ0) is 15.0. The van der Waals surface area contributed by atoms with Crippen molar-refractivity contribution < 1.29 is 14.3 Å². The third-order valence-corrected chi connectivity index (χ3v) is 3.75. The molecule has 1 aromatic carbocycles. The summed E-state index contributed by atoms with van der Waals surface area (Å²) in [6.45, 7) is 4.47. The molecule has 0 saturated heterocycles. The zero-order valence-corrected chi connectivity index (χ0v) is 12.0. The highest BCUT2D eigenvalue weighted by atomic mass is 19.1. The van der Waals surface area contributed by atoms with Gasteiger partial charge in [0.1, 0.15) is 5.82 Å². The Labute approximate surface area is 119 Å². The molecule has 0 spiro atoms. The van der Waals surface area contributed by atoms with Crippen molar-refractivity contribution in [2.45, 2.75) is 26.7 Å². The molecule has 2 N–H and O–H groups in total. The molecule has 1 rings (SSSR count). The second-order valence-corrected chi connectivity index (χ2v) is 4.97. The van der Waals surface area contributed by atoms with E-state index in [0.717, 1.165) is 12.8 Å². The first kappa shape index (κ1) is 16.4. The first-order chi connectivity index (χ1) is 9.55. The fraction of sp³-hybridized carbons (Fsp3) is 0.438. The first-order valence-electron chi connectivity index (χ1n) is 6.87. The minimum atomic E-state index is -0.330. The monoisotopic (exact) mass is 279 g/mol. The fourth-order valence-corrected chi connectivity index (χ4v) is 1.90. The molecule has 0 unspecified atom stereocenters. The molecular formula is C16H22FNO2. The average molecular weight is 279 g/mol. The zero-order valence-electron chi connectivity index (χ0n) is 12.0. The predicted molar refractivity (Wildman–Crippen MR) is 78.5 cm³/mol. The summed E-state index contributed by atoms with van der Waals surface area (Å²) in [5, 5.41) is 12.2. The van der Waals surface area contributed by atoms with Crippen molar-refractivity contribution in [1.82, 2.24) is 5.32 Å². The van der Waals surface area contributed by atoms with Gasteiger partial charge >= 0.3 is 0 Å². The maximum absolute atomic E-state index is 13.0. The third-order valence-electron chi connectivity index (χ3n) is 3.75. The molecule has 1 aromatic rings. The van der Waals surface area contributed by atoms with E-state index < -0.39 is 0 Å². The summed E-state index contributed by atoms with van der Waals surface area (Å²) >= 11 is 0. The van der Waals surface area contributed by atoms with Gasteiger partial charge in [-0.25, -0.2) is 4.39 Å². The molecule has 0 radical (unpaired) electrons. The predicted octanol–water partition coefficient (Wildman–Crippen LogP) is 2.75. The number of amides is 1. The number of carbonyl (C=O) groups excluding carboxylic acids is 1. The Balaban J connectivity index is 2.55. The summed E-state index contributed by atoms with van der Waals surface area (Å²) < 4.78 is 13.0. The van der Waals surface area contributed by atoms with Crippen LogP contribution in [0.3, 0.4) is 0 Å². The number of aliphatic hydroxyl groups is 1. The molecule has 110 valence electrons. The summed E-state index contributed by atoms with van der Waals surface area (Å²) in [5.41, 5.74) is 0.377. The molecule has 3 nitrogen and oxygen atoms in total. The van der Waals surface area contributed by atoms with Gasteiger partial charge in [-0.3, -0.25) is 4.79 Å². The first-order valence-corrected chi connectivity index (χ1v) is 6.87. The summed E-state index contributed by atoms with van der Waals surface area (Å²) in [6, 6.07) is 6.04. The Bertz CT molecular complexity index is 459. The highest BCUT2D eigenvalue weighted by molar-refractivity contribution is 5.91. The minimum absolute atomic E-state index is 0.0495. The molecule has 0 atom stereocenters. The van der Waals surface area contributed by atoms with Gasteiger partial charge < -0.3 is 10.4 Å². The maximum atomic E-state index is 13.0. The van der Waals surface area contributed by atoms with E-state index >= 15 is 0 Å². The second kappa shape index (κ2) is 7.80. The minimum Gasteiger partial charge on any atom is -0.396 e. The van der Waals surface area contributed by atoms with E-state index in [4.69, 9.17) is 0 Å². The summed E-state index contributed by atoms with van der Waals surface area (Å²) in [5.74, 6) is -0.571. The molecule has 0 bridgehead atoms. The topological polar surface area (TPSA) is 49.3 Å².